The molecule has 3 nitrogen and oxygen atoms in total. The van der Waals surface area contributed by atoms with Gasteiger partial charge in [0.2, 0.25) is 0 Å². The molecule has 0 saturated heterocycles. The van der Waals surface area contributed by atoms with Crippen molar-refractivity contribution < 1.29 is 9.90 Å². The molecule has 1 aromatic rings. The number of benzene rings is 1. The molecule has 1 saturated carbocycles. The number of rotatable bonds is 4. The lowest BCUT2D eigenvalue weighted by Crippen LogP contribution is -2.45. The first-order chi connectivity index (χ1) is 7.52. The Bertz CT molecular complexity index is 417. The quantitative estimate of drug-likeness (QED) is 0.893. The third-order valence-corrected chi connectivity index (χ3v) is 3.56. The van der Waals surface area contributed by atoms with Crippen LogP contribution in [0.5, 0.6) is 0 Å². The Hall–Kier alpha value is -1.03. The Morgan fingerprint density at radius 1 is 1.56 bits per heavy atom. The van der Waals surface area contributed by atoms with Crippen LogP contribution in [0.15, 0.2) is 28.7 Å². The SMILES string of the molecule is CC(Nc1cccc(Br)c1)(C(=O)O)C1CC1. The Kier molecular flexibility index (Phi) is 2.93. The fraction of sp³-hybridized carbons (Fsp3) is 0.417. The van der Waals surface area contributed by atoms with Crippen LogP contribution >= 0.6 is 15.9 Å². The van der Waals surface area contributed by atoms with E-state index in [9.17, 15) is 9.90 Å². The van der Waals surface area contributed by atoms with Crippen LogP contribution in [0.3, 0.4) is 0 Å². The number of anilines is 1. The maximum absolute atomic E-state index is 11.3. The van der Waals surface area contributed by atoms with Gasteiger partial charge in [-0.2, -0.15) is 0 Å². The van der Waals surface area contributed by atoms with Gasteiger partial charge in [0.15, 0.2) is 0 Å². The van der Waals surface area contributed by atoms with E-state index in [0.717, 1.165) is 23.0 Å². The van der Waals surface area contributed by atoms with E-state index in [1.165, 1.54) is 0 Å². The van der Waals surface area contributed by atoms with Gasteiger partial charge >= 0.3 is 5.97 Å². The molecule has 2 N–H and O–H groups in total. The van der Waals surface area contributed by atoms with Gasteiger partial charge < -0.3 is 10.4 Å². The summed E-state index contributed by atoms with van der Waals surface area (Å²) in [5, 5.41) is 12.4. The second kappa shape index (κ2) is 4.09. The van der Waals surface area contributed by atoms with Gasteiger partial charge in [0.05, 0.1) is 0 Å². The van der Waals surface area contributed by atoms with Crippen LogP contribution in [-0.2, 0) is 4.79 Å². The van der Waals surface area contributed by atoms with Crippen molar-refractivity contribution in [2.24, 2.45) is 5.92 Å². The van der Waals surface area contributed by atoms with Crippen LogP contribution in [0.1, 0.15) is 19.8 Å². The molecule has 4 heteroatoms. The minimum Gasteiger partial charge on any atom is -0.480 e. The zero-order valence-electron chi connectivity index (χ0n) is 9.03. The number of aliphatic carboxylic acids is 1. The molecule has 0 heterocycles. The van der Waals surface area contributed by atoms with Gasteiger partial charge in [-0.1, -0.05) is 22.0 Å². The van der Waals surface area contributed by atoms with E-state index < -0.39 is 11.5 Å². The lowest BCUT2D eigenvalue weighted by atomic mass is 9.95. The molecule has 16 heavy (non-hydrogen) atoms. The zero-order chi connectivity index (χ0) is 11.8. The van der Waals surface area contributed by atoms with E-state index in [-0.39, 0.29) is 5.92 Å². The van der Waals surface area contributed by atoms with Gasteiger partial charge in [0, 0.05) is 10.2 Å². The number of hydrogen-bond acceptors (Lipinski definition) is 2. The highest BCUT2D eigenvalue weighted by Gasteiger charge is 2.47. The van der Waals surface area contributed by atoms with Gasteiger partial charge in [-0.15, -0.1) is 0 Å². The summed E-state index contributed by atoms with van der Waals surface area (Å²) in [5.41, 5.74) is -0.00738. The highest BCUT2D eigenvalue weighted by atomic mass is 79.9. The average Bonchev–Trinajstić information content (AvgIpc) is 3.00. The summed E-state index contributed by atoms with van der Waals surface area (Å²) in [6.45, 7) is 1.76. The van der Waals surface area contributed by atoms with Crippen molar-refractivity contribution in [2.45, 2.75) is 25.3 Å². The maximum atomic E-state index is 11.3. The van der Waals surface area contributed by atoms with Crippen molar-refractivity contribution in [1.29, 1.82) is 0 Å². The largest absolute Gasteiger partial charge is 0.480 e. The molecule has 1 atom stereocenters. The number of hydrogen-bond donors (Lipinski definition) is 2. The predicted molar refractivity (Wildman–Crippen MR) is 66.5 cm³/mol. The van der Waals surface area contributed by atoms with E-state index in [2.05, 4.69) is 21.2 Å². The molecule has 1 unspecified atom stereocenters. The van der Waals surface area contributed by atoms with E-state index in [4.69, 9.17) is 0 Å². The second-order valence-electron chi connectivity index (χ2n) is 4.42. The number of carbonyl (C=O) groups is 1. The summed E-state index contributed by atoms with van der Waals surface area (Å²) in [4.78, 5) is 11.3. The number of nitrogens with one attached hydrogen (secondary N) is 1. The lowest BCUT2D eigenvalue weighted by molar-refractivity contribution is -0.142. The topological polar surface area (TPSA) is 49.3 Å². The molecule has 0 aromatic heterocycles. The molecular formula is C12H14BrNO2. The molecule has 1 aliphatic carbocycles. The summed E-state index contributed by atoms with van der Waals surface area (Å²) < 4.78 is 0.945. The Morgan fingerprint density at radius 3 is 2.75 bits per heavy atom. The highest BCUT2D eigenvalue weighted by Crippen LogP contribution is 2.41. The van der Waals surface area contributed by atoms with E-state index in [1.807, 2.05) is 24.3 Å². The molecule has 0 spiro atoms. The molecule has 1 aliphatic rings. The van der Waals surface area contributed by atoms with Crippen molar-refractivity contribution in [1.82, 2.24) is 0 Å². The highest BCUT2D eigenvalue weighted by molar-refractivity contribution is 9.10. The normalized spacial score (nSPS) is 18.9. The Labute approximate surface area is 103 Å². The number of halogens is 1. The molecular weight excluding hydrogens is 270 g/mol. The molecule has 0 amide bonds. The molecule has 0 aliphatic heterocycles. The van der Waals surface area contributed by atoms with E-state index >= 15 is 0 Å². The minimum atomic E-state index is -0.846. The van der Waals surface area contributed by atoms with Crippen LogP contribution in [-0.4, -0.2) is 16.6 Å². The molecule has 1 aromatic carbocycles. The first-order valence-electron chi connectivity index (χ1n) is 5.29. The summed E-state index contributed by atoms with van der Waals surface area (Å²) in [7, 11) is 0. The van der Waals surface area contributed by atoms with Crippen LogP contribution < -0.4 is 5.32 Å². The van der Waals surface area contributed by atoms with Crippen LogP contribution in [0.4, 0.5) is 5.69 Å². The summed E-state index contributed by atoms with van der Waals surface area (Å²) in [6, 6.07) is 7.58. The van der Waals surface area contributed by atoms with Crippen LogP contribution in [0.25, 0.3) is 0 Å². The minimum absolute atomic E-state index is 0.240. The molecule has 0 radical (unpaired) electrons. The van der Waals surface area contributed by atoms with Crippen molar-refractivity contribution in [2.75, 3.05) is 5.32 Å². The number of carboxylic acid groups (broad SMARTS) is 1. The summed E-state index contributed by atoms with van der Waals surface area (Å²) >= 11 is 3.37. The number of carboxylic acids is 1. The van der Waals surface area contributed by atoms with Gasteiger partial charge in [-0.3, -0.25) is 0 Å². The van der Waals surface area contributed by atoms with Gasteiger partial charge in [0.1, 0.15) is 5.54 Å². The monoisotopic (exact) mass is 283 g/mol. The van der Waals surface area contributed by atoms with E-state index in [0.29, 0.717) is 0 Å². The molecule has 0 bridgehead atoms. The maximum Gasteiger partial charge on any atom is 0.329 e. The van der Waals surface area contributed by atoms with Crippen LogP contribution in [0.2, 0.25) is 0 Å². The molecule has 1 fully saturated rings. The lowest BCUT2D eigenvalue weighted by Gasteiger charge is -2.27. The van der Waals surface area contributed by atoms with Crippen molar-refractivity contribution in [3.63, 3.8) is 0 Å². The third-order valence-electron chi connectivity index (χ3n) is 3.07. The average molecular weight is 284 g/mol. The van der Waals surface area contributed by atoms with Crippen molar-refractivity contribution in [3.8, 4) is 0 Å². The standard InChI is InChI=1S/C12H14BrNO2/c1-12(11(15)16,8-5-6-8)14-10-4-2-3-9(13)7-10/h2-4,7-8,14H,5-6H2,1H3,(H,15,16). The summed E-state index contributed by atoms with van der Waals surface area (Å²) in [6.07, 6.45) is 1.98. The Morgan fingerprint density at radius 2 is 2.25 bits per heavy atom. The van der Waals surface area contributed by atoms with Crippen LogP contribution in [0, 0.1) is 5.92 Å². The fourth-order valence-electron chi connectivity index (χ4n) is 1.86. The first-order valence-corrected chi connectivity index (χ1v) is 6.09. The first kappa shape index (κ1) is 11.5. The van der Waals surface area contributed by atoms with Gasteiger partial charge in [-0.05, 0) is 43.9 Å². The van der Waals surface area contributed by atoms with Gasteiger partial charge in [-0.25, -0.2) is 4.79 Å². The zero-order valence-corrected chi connectivity index (χ0v) is 10.6. The van der Waals surface area contributed by atoms with Crippen molar-refractivity contribution >= 4 is 27.6 Å². The smallest absolute Gasteiger partial charge is 0.329 e. The van der Waals surface area contributed by atoms with Crippen molar-refractivity contribution in [3.05, 3.63) is 28.7 Å². The van der Waals surface area contributed by atoms with E-state index in [1.54, 1.807) is 6.92 Å². The molecule has 86 valence electrons. The van der Waals surface area contributed by atoms with Gasteiger partial charge in [0.25, 0.3) is 0 Å². The Balaban J connectivity index is 2.21. The summed E-state index contributed by atoms with van der Waals surface area (Å²) in [5.74, 6) is -0.543. The predicted octanol–water partition coefficient (Wildman–Crippen LogP) is 3.11. The molecule has 2 rings (SSSR count). The fourth-order valence-corrected chi connectivity index (χ4v) is 2.26. The third kappa shape index (κ3) is 2.21. The second-order valence-corrected chi connectivity index (χ2v) is 5.33.